The molecule has 3 nitrogen and oxygen atoms in total. The Morgan fingerprint density at radius 1 is 1.47 bits per heavy atom. The van der Waals surface area contributed by atoms with Gasteiger partial charge in [-0.15, -0.1) is 11.3 Å². The van der Waals surface area contributed by atoms with Crippen LogP contribution < -0.4 is 5.32 Å². The minimum Gasteiger partial charge on any atom is -0.308 e. The molecule has 0 aromatic carbocycles. The first-order chi connectivity index (χ1) is 7.70. The summed E-state index contributed by atoms with van der Waals surface area (Å²) in [6.07, 6.45) is 1.27. The highest BCUT2D eigenvalue weighted by atomic mass is 35.5. The van der Waals surface area contributed by atoms with E-state index < -0.39 is 14.6 Å². The Balaban J connectivity index is 3.18. The second-order valence-electron chi connectivity index (χ2n) is 4.51. The summed E-state index contributed by atoms with van der Waals surface area (Å²) in [5.74, 6) is 0. The van der Waals surface area contributed by atoms with Crippen molar-refractivity contribution >= 4 is 32.8 Å². The molecule has 1 N–H and O–H groups in total. The number of halogens is 1. The van der Waals surface area contributed by atoms with Gasteiger partial charge in [0.2, 0.25) is 0 Å². The van der Waals surface area contributed by atoms with Crippen LogP contribution in [0, 0.1) is 0 Å². The normalized spacial score (nSPS) is 14.9. The van der Waals surface area contributed by atoms with Crippen molar-refractivity contribution in [1.29, 1.82) is 0 Å². The van der Waals surface area contributed by atoms with Crippen molar-refractivity contribution in [3.63, 3.8) is 0 Å². The summed E-state index contributed by atoms with van der Waals surface area (Å²) in [6.45, 7) is 6.15. The quantitative estimate of drug-likeness (QED) is 0.908. The number of nitrogens with one attached hydrogen (secondary N) is 1. The Bertz CT molecular complexity index is 479. The third kappa shape index (κ3) is 3.22. The summed E-state index contributed by atoms with van der Waals surface area (Å²) >= 11 is 7.33. The van der Waals surface area contributed by atoms with Gasteiger partial charge in [-0.3, -0.25) is 0 Å². The van der Waals surface area contributed by atoms with Crippen LogP contribution >= 0.6 is 22.9 Å². The second kappa shape index (κ2) is 5.26. The molecule has 0 spiro atoms. The highest BCUT2D eigenvalue weighted by molar-refractivity contribution is 7.92. The van der Waals surface area contributed by atoms with E-state index in [1.54, 1.807) is 19.9 Å². The molecule has 0 saturated heterocycles. The summed E-state index contributed by atoms with van der Waals surface area (Å²) in [5.41, 5.74) is 0. The van der Waals surface area contributed by atoms with Crippen molar-refractivity contribution in [1.82, 2.24) is 5.32 Å². The third-order valence-electron chi connectivity index (χ3n) is 2.94. The van der Waals surface area contributed by atoms with Gasteiger partial charge in [0, 0.05) is 11.1 Å². The topological polar surface area (TPSA) is 46.2 Å². The smallest absolute Gasteiger partial charge is 0.154 e. The zero-order valence-electron chi connectivity index (χ0n) is 10.5. The fourth-order valence-electron chi connectivity index (χ4n) is 1.59. The van der Waals surface area contributed by atoms with Crippen LogP contribution in [0.3, 0.4) is 0 Å². The van der Waals surface area contributed by atoms with E-state index in [1.165, 1.54) is 17.6 Å². The van der Waals surface area contributed by atoms with E-state index in [-0.39, 0.29) is 6.04 Å². The molecule has 0 aliphatic heterocycles. The zero-order chi connectivity index (χ0) is 13.3. The minimum atomic E-state index is -3.16. The van der Waals surface area contributed by atoms with Crippen LogP contribution in [0.5, 0.6) is 0 Å². The Labute approximate surface area is 112 Å². The lowest BCUT2D eigenvalue weighted by molar-refractivity contribution is 0.433. The molecule has 17 heavy (non-hydrogen) atoms. The molecule has 0 saturated carbocycles. The standard InChI is InChI=1S/C11H18ClNO2S2/c1-5-13-10(8-6-7-9(12)16-8)11(2,3)17(4,14)15/h6-7,10,13H,5H2,1-4H3. The van der Waals surface area contributed by atoms with Gasteiger partial charge in [0.25, 0.3) is 0 Å². The number of thiophene rings is 1. The second-order valence-corrected chi connectivity index (χ2v) is 8.85. The lowest BCUT2D eigenvalue weighted by Crippen LogP contribution is -2.44. The van der Waals surface area contributed by atoms with Crippen molar-refractivity contribution in [3.8, 4) is 0 Å². The molecule has 0 amide bonds. The molecule has 1 heterocycles. The average molecular weight is 296 g/mol. The Hall–Kier alpha value is -0.100. The van der Waals surface area contributed by atoms with Crippen LogP contribution in [0.25, 0.3) is 0 Å². The molecule has 0 radical (unpaired) electrons. The van der Waals surface area contributed by atoms with Crippen LogP contribution in [0.2, 0.25) is 4.34 Å². The maximum Gasteiger partial charge on any atom is 0.154 e. The lowest BCUT2D eigenvalue weighted by Gasteiger charge is -2.32. The molecular weight excluding hydrogens is 278 g/mol. The first kappa shape index (κ1) is 15.0. The van der Waals surface area contributed by atoms with E-state index in [1.807, 2.05) is 13.0 Å². The summed E-state index contributed by atoms with van der Waals surface area (Å²) in [7, 11) is -3.16. The van der Waals surface area contributed by atoms with Crippen LogP contribution in [-0.2, 0) is 9.84 Å². The van der Waals surface area contributed by atoms with Crippen molar-refractivity contribution in [2.75, 3.05) is 12.8 Å². The van der Waals surface area contributed by atoms with Crippen molar-refractivity contribution in [2.45, 2.75) is 31.6 Å². The largest absolute Gasteiger partial charge is 0.308 e. The van der Waals surface area contributed by atoms with Crippen molar-refractivity contribution in [3.05, 3.63) is 21.3 Å². The van der Waals surface area contributed by atoms with Crippen molar-refractivity contribution in [2.24, 2.45) is 0 Å². The Kier molecular flexibility index (Phi) is 4.63. The molecule has 1 atom stereocenters. The molecular formula is C11H18ClNO2S2. The molecule has 0 aliphatic carbocycles. The van der Waals surface area contributed by atoms with Crippen LogP contribution in [0.15, 0.2) is 12.1 Å². The highest BCUT2D eigenvalue weighted by Crippen LogP contribution is 2.36. The molecule has 1 unspecified atom stereocenters. The van der Waals surface area contributed by atoms with Gasteiger partial charge in [-0.25, -0.2) is 8.42 Å². The van der Waals surface area contributed by atoms with E-state index >= 15 is 0 Å². The van der Waals surface area contributed by atoms with E-state index in [0.29, 0.717) is 10.9 Å². The van der Waals surface area contributed by atoms with Gasteiger partial charge in [0.1, 0.15) is 0 Å². The van der Waals surface area contributed by atoms with Gasteiger partial charge in [0.15, 0.2) is 9.84 Å². The van der Waals surface area contributed by atoms with E-state index in [9.17, 15) is 8.42 Å². The monoisotopic (exact) mass is 295 g/mol. The SMILES string of the molecule is CCNC(c1ccc(Cl)s1)C(C)(C)S(C)(=O)=O. The summed E-state index contributed by atoms with van der Waals surface area (Å²) in [5, 5.41) is 3.23. The predicted octanol–water partition coefficient (Wildman–Crippen LogP) is 2.88. The third-order valence-corrected chi connectivity index (χ3v) is 6.38. The summed E-state index contributed by atoms with van der Waals surface area (Å²) in [6, 6.07) is 3.44. The maximum atomic E-state index is 11.9. The Morgan fingerprint density at radius 3 is 2.41 bits per heavy atom. The Morgan fingerprint density at radius 2 is 2.06 bits per heavy atom. The molecule has 1 aromatic rings. The van der Waals surface area contributed by atoms with Gasteiger partial charge in [-0.05, 0) is 32.5 Å². The van der Waals surface area contributed by atoms with E-state index in [4.69, 9.17) is 11.6 Å². The number of rotatable bonds is 5. The zero-order valence-corrected chi connectivity index (χ0v) is 12.8. The van der Waals surface area contributed by atoms with Crippen molar-refractivity contribution < 1.29 is 8.42 Å². The number of hydrogen-bond acceptors (Lipinski definition) is 4. The van der Waals surface area contributed by atoms with E-state index in [0.717, 1.165) is 4.88 Å². The number of sulfone groups is 1. The predicted molar refractivity (Wildman–Crippen MR) is 74.7 cm³/mol. The maximum absolute atomic E-state index is 11.9. The van der Waals surface area contributed by atoms with E-state index in [2.05, 4.69) is 5.32 Å². The van der Waals surface area contributed by atoms with Gasteiger partial charge >= 0.3 is 0 Å². The summed E-state index contributed by atoms with van der Waals surface area (Å²) < 4.78 is 23.6. The first-order valence-corrected chi connectivity index (χ1v) is 8.47. The first-order valence-electron chi connectivity index (χ1n) is 5.38. The fourth-order valence-corrected chi connectivity index (χ4v) is 3.63. The van der Waals surface area contributed by atoms with Gasteiger partial charge in [0.05, 0.1) is 15.1 Å². The van der Waals surface area contributed by atoms with Gasteiger partial charge in [-0.2, -0.15) is 0 Å². The van der Waals surface area contributed by atoms with Gasteiger partial charge in [-0.1, -0.05) is 18.5 Å². The van der Waals surface area contributed by atoms with Crippen LogP contribution in [0.1, 0.15) is 31.7 Å². The van der Waals surface area contributed by atoms with Crippen LogP contribution in [-0.4, -0.2) is 26.0 Å². The highest BCUT2D eigenvalue weighted by Gasteiger charge is 2.40. The molecule has 98 valence electrons. The molecule has 0 aliphatic rings. The molecule has 6 heteroatoms. The minimum absolute atomic E-state index is 0.236. The fraction of sp³-hybridized carbons (Fsp3) is 0.636. The summed E-state index contributed by atoms with van der Waals surface area (Å²) in [4.78, 5) is 0.951. The lowest BCUT2D eigenvalue weighted by atomic mass is 10.0. The molecule has 1 aromatic heterocycles. The number of hydrogen-bond donors (Lipinski definition) is 1. The average Bonchev–Trinajstić information content (AvgIpc) is 2.58. The van der Waals surface area contributed by atoms with Gasteiger partial charge < -0.3 is 5.32 Å². The molecule has 0 bridgehead atoms. The van der Waals surface area contributed by atoms with Crippen LogP contribution in [0.4, 0.5) is 0 Å². The molecule has 0 fully saturated rings. The molecule has 1 rings (SSSR count).